The van der Waals surface area contributed by atoms with Crippen molar-refractivity contribution in [2.75, 3.05) is 0 Å². The quantitative estimate of drug-likeness (QED) is 0.567. The van der Waals surface area contributed by atoms with E-state index in [-0.39, 0.29) is 5.82 Å². The summed E-state index contributed by atoms with van der Waals surface area (Å²) in [5, 5.41) is 9.42. The van der Waals surface area contributed by atoms with Crippen molar-refractivity contribution >= 4 is 27.6 Å². The maximum Gasteiger partial charge on any atom is 0.123 e. The third-order valence-corrected chi connectivity index (χ3v) is 3.91. The molecule has 0 bridgehead atoms. The zero-order valence-corrected chi connectivity index (χ0v) is 13.7. The second kappa shape index (κ2) is 6.64. The van der Waals surface area contributed by atoms with Gasteiger partial charge in [-0.05, 0) is 54.1 Å². The van der Waals surface area contributed by atoms with Gasteiger partial charge >= 0.3 is 0 Å². The van der Waals surface area contributed by atoms with E-state index in [2.05, 4.69) is 22.0 Å². The summed E-state index contributed by atoms with van der Waals surface area (Å²) in [6, 6.07) is 19.9. The van der Waals surface area contributed by atoms with Crippen LogP contribution in [-0.4, -0.2) is 4.57 Å². The fourth-order valence-electron chi connectivity index (χ4n) is 2.36. The van der Waals surface area contributed by atoms with Crippen LogP contribution < -0.4 is 0 Å². The second-order valence-electron chi connectivity index (χ2n) is 4.96. The van der Waals surface area contributed by atoms with Gasteiger partial charge in [-0.15, -0.1) is 0 Å². The van der Waals surface area contributed by atoms with Crippen LogP contribution in [0, 0.1) is 17.1 Å². The lowest BCUT2D eigenvalue weighted by Crippen LogP contribution is -1.95. The third kappa shape index (κ3) is 3.41. The maximum absolute atomic E-state index is 13.4. The molecular weight excluding hydrogens is 355 g/mol. The van der Waals surface area contributed by atoms with E-state index in [0.717, 1.165) is 15.9 Å². The summed E-state index contributed by atoms with van der Waals surface area (Å²) in [4.78, 5) is 0. The van der Waals surface area contributed by atoms with Gasteiger partial charge < -0.3 is 4.57 Å². The first-order valence-electron chi connectivity index (χ1n) is 6.98. The average molecular weight is 367 g/mol. The summed E-state index contributed by atoms with van der Waals surface area (Å²) < 4.78 is 16.3. The summed E-state index contributed by atoms with van der Waals surface area (Å²) in [6.45, 7) is 0. The standard InChI is InChI=1S/C19H12BrFN2/c20-16-5-2-7-19(12-16)23-9-3-8-18(23)11-15(13-22)14-4-1-6-17(21)10-14/h1-12H/b15-11-. The minimum atomic E-state index is -0.356. The SMILES string of the molecule is N#C/C(=C/c1cccn1-c1cccc(Br)c1)c1cccc(F)c1. The van der Waals surface area contributed by atoms with Crippen molar-refractivity contribution in [1.82, 2.24) is 4.57 Å². The van der Waals surface area contributed by atoms with Crippen molar-refractivity contribution in [3.8, 4) is 11.8 Å². The molecule has 0 unspecified atom stereocenters. The molecule has 112 valence electrons. The van der Waals surface area contributed by atoms with Gasteiger partial charge in [0.15, 0.2) is 0 Å². The molecule has 0 aliphatic rings. The predicted octanol–water partition coefficient (Wildman–Crippen LogP) is 5.44. The van der Waals surface area contributed by atoms with Gasteiger partial charge in [-0.3, -0.25) is 0 Å². The number of aromatic nitrogens is 1. The number of halogens is 2. The van der Waals surface area contributed by atoms with E-state index in [1.165, 1.54) is 12.1 Å². The molecule has 2 aromatic carbocycles. The summed E-state index contributed by atoms with van der Waals surface area (Å²) in [6.07, 6.45) is 3.68. The highest BCUT2D eigenvalue weighted by Crippen LogP contribution is 2.22. The van der Waals surface area contributed by atoms with Crippen LogP contribution >= 0.6 is 15.9 Å². The van der Waals surface area contributed by atoms with Crippen molar-refractivity contribution in [2.24, 2.45) is 0 Å². The first-order valence-corrected chi connectivity index (χ1v) is 7.78. The molecule has 0 saturated heterocycles. The van der Waals surface area contributed by atoms with Gasteiger partial charge in [-0.25, -0.2) is 4.39 Å². The van der Waals surface area contributed by atoms with Gasteiger partial charge in [0.25, 0.3) is 0 Å². The molecule has 0 saturated carbocycles. The minimum absolute atomic E-state index is 0.356. The molecule has 3 rings (SSSR count). The van der Waals surface area contributed by atoms with Crippen LogP contribution in [0.1, 0.15) is 11.3 Å². The first kappa shape index (κ1) is 15.3. The van der Waals surface area contributed by atoms with Crippen LogP contribution in [0.5, 0.6) is 0 Å². The highest BCUT2D eigenvalue weighted by Gasteiger charge is 2.06. The van der Waals surface area contributed by atoms with E-state index >= 15 is 0 Å². The van der Waals surface area contributed by atoms with Gasteiger partial charge in [-0.1, -0.05) is 34.1 Å². The van der Waals surface area contributed by atoms with Crippen molar-refractivity contribution in [3.05, 3.63) is 88.4 Å². The lowest BCUT2D eigenvalue weighted by atomic mass is 10.1. The largest absolute Gasteiger partial charge is 0.317 e. The van der Waals surface area contributed by atoms with Crippen LogP contribution in [0.15, 0.2) is 71.3 Å². The van der Waals surface area contributed by atoms with Crippen molar-refractivity contribution in [3.63, 3.8) is 0 Å². The van der Waals surface area contributed by atoms with Crippen LogP contribution in [-0.2, 0) is 0 Å². The Morgan fingerprint density at radius 2 is 1.91 bits per heavy atom. The molecular formula is C19H12BrFN2. The highest BCUT2D eigenvalue weighted by atomic mass is 79.9. The second-order valence-corrected chi connectivity index (χ2v) is 5.88. The predicted molar refractivity (Wildman–Crippen MR) is 93.4 cm³/mol. The van der Waals surface area contributed by atoms with Crippen molar-refractivity contribution < 1.29 is 4.39 Å². The summed E-state index contributed by atoms with van der Waals surface area (Å²) in [5.41, 5.74) is 2.81. The maximum atomic E-state index is 13.4. The van der Waals surface area contributed by atoms with Gasteiger partial charge in [0.1, 0.15) is 5.82 Å². The molecule has 1 heterocycles. The van der Waals surface area contributed by atoms with E-state index in [9.17, 15) is 9.65 Å². The zero-order valence-electron chi connectivity index (χ0n) is 12.1. The zero-order chi connectivity index (χ0) is 16.2. The summed E-state index contributed by atoms with van der Waals surface area (Å²) in [7, 11) is 0. The lowest BCUT2D eigenvalue weighted by molar-refractivity contribution is 0.627. The lowest BCUT2D eigenvalue weighted by Gasteiger charge is -2.08. The number of nitriles is 1. The Kier molecular flexibility index (Phi) is 4.40. The van der Waals surface area contributed by atoms with Crippen molar-refractivity contribution in [2.45, 2.75) is 0 Å². The molecule has 0 amide bonds. The summed E-state index contributed by atoms with van der Waals surface area (Å²) >= 11 is 3.46. The smallest absolute Gasteiger partial charge is 0.123 e. The van der Waals surface area contributed by atoms with Gasteiger partial charge in [0.2, 0.25) is 0 Å². The Morgan fingerprint density at radius 3 is 2.65 bits per heavy atom. The van der Waals surface area contributed by atoms with E-state index < -0.39 is 0 Å². The monoisotopic (exact) mass is 366 g/mol. The molecule has 0 radical (unpaired) electrons. The van der Waals surface area contributed by atoms with E-state index in [0.29, 0.717) is 11.1 Å². The molecule has 4 heteroatoms. The minimum Gasteiger partial charge on any atom is -0.317 e. The third-order valence-electron chi connectivity index (χ3n) is 3.41. The molecule has 23 heavy (non-hydrogen) atoms. The number of allylic oxidation sites excluding steroid dienone is 1. The Labute approximate surface area is 142 Å². The normalized spacial score (nSPS) is 11.3. The Bertz CT molecular complexity index is 919. The number of rotatable bonds is 3. The summed E-state index contributed by atoms with van der Waals surface area (Å²) in [5.74, 6) is -0.356. The number of hydrogen-bond donors (Lipinski definition) is 0. The van der Waals surface area contributed by atoms with E-state index in [1.54, 1.807) is 18.2 Å². The molecule has 0 spiro atoms. The molecule has 0 atom stereocenters. The van der Waals surface area contributed by atoms with Crippen LogP contribution in [0.3, 0.4) is 0 Å². The Hall–Kier alpha value is -2.64. The molecule has 3 aromatic rings. The van der Waals surface area contributed by atoms with Gasteiger partial charge in [0.05, 0.1) is 11.6 Å². The molecule has 0 fully saturated rings. The molecule has 2 nitrogen and oxygen atoms in total. The number of benzene rings is 2. The topological polar surface area (TPSA) is 28.7 Å². The van der Waals surface area contributed by atoms with Gasteiger partial charge in [-0.2, -0.15) is 5.26 Å². The van der Waals surface area contributed by atoms with Crippen LogP contribution in [0.25, 0.3) is 17.3 Å². The van der Waals surface area contributed by atoms with E-state index in [4.69, 9.17) is 0 Å². The van der Waals surface area contributed by atoms with E-state index in [1.807, 2.05) is 47.2 Å². The number of nitrogens with zero attached hydrogens (tertiary/aromatic N) is 2. The highest BCUT2D eigenvalue weighted by molar-refractivity contribution is 9.10. The average Bonchev–Trinajstić information content (AvgIpc) is 3.01. The fourth-order valence-corrected chi connectivity index (χ4v) is 2.74. The number of hydrogen-bond acceptors (Lipinski definition) is 1. The fraction of sp³-hybridized carbons (Fsp3) is 0. The molecule has 0 aliphatic heterocycles. The van der Waals surface area contributed by atoms with Crippen LogP contribution in [0.2, 0.25) is 0 Å². The van der Waals surface area contributed by atoms with Crippen LogP contribution in [0.4, 0.5) is 4.39 Å². The Balaban J connectivity index is 2.06. The molecule has 0 N–H and O–H groups in total. The Morgan fingerprint density at radius 1 is 1.09 bits per heavy atom. The first-order chi connectivity index (χ1) is 11.2. The van der Waals surface area contributed by atoms with Gasteiger partial charge in [0, 0.05) is 22.1 Å². The molecule has 1 aromatic heterocycles. The molecule has 0 aliphatic carbocycles. The van der Waals surface area contributed by atoms with Crippen molar-refractivity contribution in [1.29, 1.82) is 5.26 Å².